The van der Waals surface area contributed by atoms with Gasteiger partial charge in [-0.25, -0.2) is 9.78 Å². The molecule has 3 aromatic rings. The third kappa shape index (κ3) is 5.45. The van der Waals surface area contributed by atoms with Gasteiger partial charge in [0.05, 0.1) is 37.7 Å². The Bertz CT molecular complexity index is 1080. The summed E-state index contributed by atoms with van der Waals surface area (Å²) >= 11 is 0. The molecule has 0 unspecified atom stereocenters. The summed E-state index contributed by atoms with van der Waals surface area (Å²) in [6, 6.07) is 11.3. The van der Waals surface area contributed by atoms with E-state index >= 15 is 0 Å². The number of anilines is 2. The molecule has 0 radical (unpaired) electrons. The van der Waals surface area contributed by atoms with E-state index in [1.165, 1.54) is 7.11 Å². The highest BCUT2D eigenvalue weighted by molar-refractivity contribution is 6.11. The Morgan fingerprint density at radius 1 is 1.16 bits per heavy atom. The number of rotatable bonds is 10. The molecule has 0 saturated carbocycles. The molecule has 2 N–H and O–H groups in total. The van der Waals surface area contributed by atoms with Crippen LogP contribution in [-0.4, -0.2) is 48.8 Å². The average molecular weight is 439 g/mol. The molecule has 3 rings (SSSR count). The number of amides is 1. The average Bonchev–Trinajstić information content (AvgIpc) is 3.08. The maximum Gasteiger partial charge on any atom is 0.356 e. The maximum atomic E-state index is 12.9. The molecule has 0 aliphatic heterocycles. The van der Waals surface area contributed by atoms with Gasteiger partial charge >= 0.3 is 5.97 Å². The maximum absolute atomic E-state index is 12.9. The van der Waals surface area contributed by atoms with Crippen LogP contribution in [0.25, 0.3) is 11.0 Å². The van der Waals surface area contributed by atoms with Crippen LogP contribution in [-0.2, 0) is 27.2 Å². The van der Waals surface area contributed by atoms with Crippen molar-refractivity contribution in [1.82, 2.24) is 9.55 Å². The minimum atomic E-state index is -0.550. The lowest BCUT2D eigenvalue weighted by Crippen LogP contribution is -2.19. The molecule has 0 bridgehead atoms. The minimum Gasteiger partial charge on any atom is -0.464 e. The van der Waals surface area contributed by atoms with Crippen molar-refractivity contribution in [1.29, 1.82) is 0 Å². The van der Waals surface area contributed by atoms with Gasteiger partial charge in [0.1, 0.15) is 5.65 Å². The normalized spacial score (nSPS) is 11.0. The van der Waals surface area contributed by atoms with Crippen LogP contribution >= 0.6 is 0 Å². The number of carbonyl (C=O) groups excluding carboxylic acids is 2. The quantitative estimate of drug-likeness (QED) is 0.469. The zero-order valence-electron chi connectivity index (χ0n) is 19.0. The first-order valence-electron chi connectivity index (χ1n) is 10.6. The molecule has 2 aromatic heterocycles. The van der Waals surface area contributed by atoms with Gasteiger partial charge in [-0.1, -0.05) is 44.2 Å². The topological polar surface area (TPSA) is 94.5 Å². The van der Waals surface area contributed by atoms with Gasteiger partial charge in [-0.3, -0.25) is 4.79 Å². The zero-order valence-corrected chi connectivity index (χ0v) is 19.0. The van der Waals surface area contributed by atoms with Gasteiger partial charge < -0.3 is 24.7 Å². The lowest BCUT2D eigenvalue weighted by atomic mass is 10.1. The van der Waals surface area contributed by atoms with Gasteiger partial charge in [0.15, 0.2) is 5.69 Å². The highest BCUT2D eigenvalue weighted by Crippen LogP contribution is 2.33. The largest absolute Gasteiger partial charge is 0.464 e. The number of benzene rings is 1. The minimum absolute atomic E-state index is 0.185. The number of hydrogen-bond acceptors (Lipinski definition) is 6. The van der Waals surface area contributed by atoms with E-state index in [0.29, 0.717) is 35.8 Å². The van der Waals surface area contributed by atoms with Gasteiger partial charge in [0.2, 0.25) is 5.91 Å². The van der Waals surface area contributed by atoms with Crippen molar-refractivity contribution in [3.8, 4) is 0 Å². The van der Waals surface area contributed by atoms with Gasteiger partial charge in [0.25, 0.3) is 0 Å². The molecule has 170 valence electrons. The third-order valence-corrected chi connectivity index (χ3v) is 4.98. The number of fused-ring (bicyclic) bond motifs is 1. The first-order chi connectivity index (χ1) is 15.4. The molecule has 1 amide bonds. The molecule has 2 heterocycles. The zero-order chi connectivity index (χ0) is 23.1. The van der Waals surface area contributed by atoms with Crippen LogP contribution in [0.3, 0.4) is 0 Å². The molecule has 32 heavy (non-hydrogen) atoms. The van der Waals surface area contributed by atoms with Crippen LogP contribution in [0.5, 0.6) is 0 Å². The molecule has 0 atom stereocenters. The van der Waals surface area contributed by atoms with E-state index in [9.17, 15) is 9.59 Å². The molecule has 0 saturated heterocycles. The SMILES string of the molecule is COCCn1c(C(=O)OC)c(NC(=O)Cc2ccccc2)c2cc(NCC(C)C)cnc21. The van der Waals surface area contributed by atoms with E-state index in [1.807, 2.05) is 36.4 Å². The van der Waals surface area contributed by atoms with Gasteiger partial charge in [-0.15, -0.1) is 0 Å². The Kier molecular flexibility index (Phi) is 7.83. The number of aromatic nitrogens is 2. The van der Waals surface area contributed by atoms with Crippen molar-refractivity contribution >= 4 is 34.3 Å². The van der Waals surface area contributed by atoms with E-state index in [0.717, 1.165) is 17.8 Å². The Morgan fingerprint density at radius 3 is 2.56 bits per heavy atom. The fraction of sp³-hybridized carbons (Fsp3) is 0.375. The summed E-state index contributed by atoms with van der Waals surface area (Å²) < 4.78 is 12.0. The summed E-state index contributed by atoms with van der Waals surface area (Å²) in [4.78, 5) is 30.2. The first-order valence-corrected chi connectivity index (χ1v) is 10.6. The smallest absolute Gasteiger partial charge is 0.356 e. The number of hydrogen-bond donors (Lipinski definition) is 2. The Morgan fingerprint density at radius 2 is 1.91 bits per heavy atom. The van der Waals surface area contributed by atoms with Crippen LogP contribution in [0.2, 0.25) is 0 Å². The number of nitrogens with one attached hydrogen (secondary N) is 2. The molecular weight excluding hydrogens is 408 g/mol. The Labute approximate surface area is 187 Å². The van der Waals surface area contributed by atoms with Gasteiger partial charge in [-0.2, -0.15) is 0 Å². The lowest BCUT2D eigenvalue weighted by molar-refractivity contribution is -0.115. The third-order valence-electron chi connectivity index (χ3n) is 4.98. The molecule has 0 fully saturated rings. The summed E-state index contributed by atoms with van der Waals surface area (Å²) in [6.45, 7) is 5.77. The van der Waals surface area contributed by atoms with Crippen molar-refractivity contribution in [2.45, 2.75) is 26.8 Å². The lowest BCUT2D eigenvalue weighted by Gasteiger charge is -2.10. The summed E-state index contributed by atoms with van der Waals surface area (Å²) in [6.07, 6.45) is 1.91. The number of pyridine rings is 1. The molecule has 1 aromatic carbocycles. The second kappa shape index (κ2) is 10.8. The summed E-state index contributed by atoms with van der Waals surface area (Å²) in [5.74, 6) is -0.328. The summed E-state index contributed by atoms with van der Waals surface area (Å²) in [7, 11) is 2.91. The van der Waals surface area contributed by atoms with Gasteiger partial charge in [0, 0.05) is 25.6 Å². The van der Waals surface area contributed by atoms with Crippen molar-refractivity contribution < 1.29 is 19.1 Å². The highest BCUT2D eigenvalue weighted by atomic mass is 16.5. The van der Waals surface area contributed by atoms with E-state index in [1.54, 1.807) is 17.9 Å². The van der Waals surface area contributed by atoms with Crippen molar-refractivity contribution in [3.63, 3.8) is 0 Å². The van der Waals surface area contributed by atoms with Gasteiger partial charge in [-0.05, 0) is 17.5 Å². The molecule has 0 spiro atoms. The van der Waals surface area contributed by atoms with Crippen LogP contribution in [0.15, 0.2) is 42.6 Å². The molecule has 8 nitrogen and oxygen atoms in total. The molecule has 0 aliphatic carbocycles. The van der Waals surface area contributed by atoms with Crippen LogP contribution in [0, 0.1) is 5.92 Å². The predicted octanol–water partition coefficient (Wildman–Crippen LogP) is 3.72. The van der Waals surface area contributed by atoms with Crippen molar-refractivity contribution in [2.75, 3.05) is 38.0 Å². The Balaban J connectivity index is 2.06. The van der Waals surface area contributed by atoms with E-state index in [2.05, 4.69) is 29.5 Å². The Hall–Kier alpha value is -3.39. The van der Waals surface area contributed by atoms with E-state index in [-0.39, 0.29) is 18.0 Å². The van der Waals surface area contributed by atoms with Crippen LogP contribution in [0.1, 0.15) is 29.9 Å². The predicted molar refractivity (Wildman–Crippen MR) is 125 cm³/mol. The fourth-order valence-corrected chi connectivity index (χ4v) is 3.44. The number of nitrogens with zero attached hydrogens (tertiary/aromatic N) is 2. The summed E-state index contributed by atoms with van der Waals surface area (Å²) in [5, 5.41) is 6.95. The molecular formula is C24H30N4O4. The fourth-order valence-electron chi connectivity index (χ4n) is 3.44. The van der Waals surface area contributed by atoms with Crippen LogP contribution in [0.4, 0.5) is 11.4 Å². The number of carbonyl (C=O) groups is 2. The molecule has 0 aliphatic rings. The number of esters is 1. The van der Waals surface area contributed by atoms with Crippen LogP contribution < -0.4 is 10.6 Å². The van der Waals surface area contributed by atoms with E-state index in [4.69, 9.17) is 9.47 Å². The number of ether oxygens (including phenoxy) is 2. The van der Waals surface area contributed by atoms with Crippen molar-refractivity contribution in [2.24, 2.45) is 5.92 Å². The first kappa shape index (κ1) is 23.3. The standard InChI is InChI=1S/C24H30N4O4/c1-16(2)14-25-18-13-19-21(27-20(29)12-17-8-6-5-7-9-17)22(24(30)32-4)28(10-11-31-3)23(19)26-15-18/h5-9,13,15-16,25H,10-12,14H2,1-4H3,(H,27,29). The van der Waals surface area contributed by atoms with E-state index < -0.39 is 5.97 Å². The number of methoxy groups -OCH3 is 2. The molecule has 8 heteroatoms. The summed E-state index contributed by atoms with van der Waals surface area (Å²) in [5.41, 5.74) is 2.90. The second-order valence-corrected chi connectivity index (χ2v) is 7.94. The van der Waals surface area contributed by atoms with Crippen molar-refractivity contribution in [3.05, 3.63) is 53.9 Å². The monoisotopic (exact) mass is 438 g/mol. The second-order valence-electron chi connectivity index (χ2n) is 7.94. The highest BCUT2D eigenvalue weighted by Gasteiger charge is 2.26.